The molecule has 1 aromatic carbocycles. The molecule has 2 aromatic heterocycles. The summed E-state index contributed by atoms with van der Waals surface area (Å²) >= 11 is 0. The molecule has 0 unspecified atom stereocenters. The lowest BCUT2D eigenvalue weighted by atomic mass is 9.96. The van der Waals surface area contributed by atoms with Crippen LogP contribution in [0.4, 0.5) is 26.3 Å². The van der Waals surface area contributed by atoms with E-state index in [0.717, 1.165) is 50.0 Å². The summed E-state index contributed by atoms with van der Waals surface area (Å²) in [6.07, 6.45) is -3.46. The van der Waals surface area contributed by atoms with E-state index in [-0.39, 0.29) is 35.4 Å². The molecule has 6 rings (SSSR count). The van der Waals surface area contributed by atoms with E-state index in [1.54, 1.807) is 0 Å². The zero-order valence-electron chi connectivity index (χ0n) is 22.7. The van der Waals surface area contributed by atoms with E-state index in [1.807, 2.05) is 0 Å². The van der Waals surface area contributed by atoms with Gasteiger partial charge in [-0.3, -0.25) is 14.8 Å². The van der Waals surface area contributed by atoms with Crippen molar-refractivity contribution >= 4 is 15.7 Å². The van der Waals surface area contributed by atoms with E-state index >= 15 is 0 Å². The summed E-state index contributed by atoms with van der Waals surface area (Å²) in [5.41, 5.74) is 0.603. The Balaban J connectivity index is 0.000000235. The summed E-state index contributed by atoms with van der Waals surface area (Å²) in [6.45, 7) is 1.04. The van der Waals surface area contributed by atoms with Crippen LogP contribution in [0.3, 0.4) is 0 Å². The molecule has 1 N–H and O–H groups in total. The molecule has 3 aromatic rings. The molecule has 0 saturated heterocycles. The maximum absolute atomic E-state index is 13.2. The van der Waals surface area contributed by atoms with E-state index < -0.39 is 39.2 Å². The molecule has 230 valence electrons. The fraction of sp³-hybridized carbons (Fsp3) is 0.393. The van der Waals surface area contributed by atoms with Gasteiger partial charge in [-0.25, -0.2) is 8.42 Å². The van der Waals surface area contributed by atoms with Gasteiger partial charge < -0.3 is 15.0 Å². The number of alkyl halides is 6. The highest BCUT2D eigenvalue weighted by atomic mass is 32.2. The highest BCUT2D eigenvalue weighted by Crippen LogP contribution is 2.35. The molecule has 8 nitrogen and oxygen atoms in total. The molecule has 3 aliphatic rings. The Kier molecular flexibility index (Phi) is 8.15. The first-order chi connectivity index (χ1) is 20.1. The first-order valence-electron chi connectivity index (χ1n) is 13.2. The number of aromatic nitrogens is 2. The molecule has 0 bridgehead atoms. The maximum atomic E-state index is 13.2. The number of nitrogens with one attached hydrogen (secondary N) is 1. The number of carbonyl (C=O) groups is 1. The van der Waals surface area contributed by atoms with Crippen LogP contribution in [0.25, 0.3) is 0 Å². The van der Waals surface area contributed by atoms with E-state index in [4.69, 9.17) is 4.74 Å². The molecule has 0 radical (unpaired) electrons. The summed E-state index contributed by atoms with van der Waals surface area (Å²) in [7, 11) is -3.56. The number of nitrogens with zero attached hydrogens (tertiary/aromatic N) is 3. The summed E-state index contributed by atoms with van der Waals surface area (Å²) in [6, 6.07) is 6.26. The second-order valence-electron chi connectivity index (χ2n) is 10.5. The van der Waals surface area contributed by atoms with Crippen LogP contribution in [0, 0.1) is 0 Å². The Morgan fingerprint density at radius 1 is 0.907 bits per heavy atom. The molecular formula is C28H26F6N4O4S. The van der Waals surface area contributed by atoms with Crippen LogP contribution in [0.5, 0.6) is 5.75 Å². The van der Waals surface area contributed by atoms with Crippen LogP contribution in [-0.2, 0) is 48.4 Å². The minimum atomic E-state index is -4.52. The van der Waals surface area contributed by atoms with Crippen LogP contribution in [0.15, 0.2) is 47.6 Å². The van der Waals surface area contributed by atoms with E-state index in [1.165, 1.54) is 23.1 Å². The predicted octanol–water partition coefficient (Wildman–Crippen LogP) is 5.29. The van der Waals surface area contributed by atoms with Crippen LogP contribution in [-0.4, -0.2) is 41.6 Å². The first-order valence-corrected chi connectivity index (χ1v) is 15.1. The standard InChI is InChI=1S/C20H19F3N2O4S.C8H7F3N2/c1-30(27,28)15-5-6-18(29-14-3-2-4-14)16(8-15)19(26)25-10-12-7-13(20(21,22)23)9-24-17(12)11-25;9-8(10,11)6-1-5-2-12-4-7(5)13-3-6/h5-9,14H,2-4,10-11H2,1H3;1,3,12H,2,4H2. The zero-order valence-corrected chi connectivity index (χ0v) is 23.5. The lowest BCUT2D eigenvalue weighted by Crippen LogP contribution is -2.29. The Labute approximate surface area is 243 Å². The van der Waals surface area contributed by atoms with E-state index in [0.29, 0.717) is 35.6 Å². The molecule has 4 heterocycles. The molecule has 0 atom stereocenters. The van der Waals surface area contributed by atoms with Crippen LogP contribution in [0.2, 0.25) is 0 Å². The van der Waals surface area contributed by atoms with Crippen molar-refractivity contribution in [3.05, 3.63) is 81.9 Å². The van der Waals surface area contributed by atoms with Gasteiger partial charge in [-0.2, -0.15) is 26.3 Å². The number of rotatable bonds is 4. The third-order valence-corrected chi connectivity index (χ3v) is 8.44. The Bertz CT molecular complexity index is 1660. The fourth-order valence-corrected chi connectivity index (χ4v) is 5.38. The van der Waals surface area contributed by atoms with E-state index in [2.05, 4.69) is 15.3 Å². The zero-order chi connectivity index (χ0) is 31.2. The number of benzene rings is 1. The van der Waals surface area contributed by atoms with Crippen LogP contribution in [0.1, 0.15) is 63.3 Å². The van der Waals surface area contributed by atoms with Crippen molar-refractivity contribution in [1.29, 1.82) is 0 Å². The van der Waals surface area contributed by atoms with Gasteiger partial charge in [0, 0.05) is 38.3 Å². The summed E-state index contributed by atoms with van der Waals surface area (Å²) in [5.74, 6) is -0.238. The lowest BCUT2D eigenvalue weighted by Gasteiger charge is -2.28. The summed E-state index contributed by atoms with van der Waals surface area (Å²) in [4.78, 5) is 22.1. The number of pyridine rings is 2. The van der Waals surface area contributed by atoms with Crippen LogP contribution >= 0.6 is 0 Å². The normalized spacial score (nSPS) is 16.6. The van der Waals surface area contributed by atoms with Gasteiger partial charge in [-0.15, -0.1) is 0 Å². The maximum Gasteiger partial charge on any atom is 0.417 e. The number of halogens is 6. The van der Waals surface area contributed by atoms with Gasteiger partial charge in [-0.1, -0.05) is 0 Å². The van der Waals surface area contributed by atoms with Crippen molar-refractivity contribution in [2.75, 3.05) is 6.26 Å². The lowest BCUT2D eigenvalue weighted by molar-refractivity contribution is -0.138. The largest absolute Gasteiger partial charge is 0.490 e. The average Bonchev–Trinajstić information content (AvgIpc) is 3.55. The predicted molar refractivity (Wildman–Crippen MR) is 140 cm³/mol. The summed E-state index contributed by atoms with van der Waals surface area (Å²) in [5, 5.41) is 2.94. The molecule has 1 amide bonds. The van der Waals surface area contributed by atoms with Gasteiger partial charge in [-0.05, 0) is 60.7 Å². The summed E-state index contributed by atoms with van der Waals surface area (Å²) < 4.78 is 105. The molecule has 1 fully saturated rings. The smallest absolute Gasteiger partial charge is 0.417 e. The second kappa shape index (κ2) is 11.4. The average molecular weight is 629 g/mol. The third kappa shape index (κ3) is 6.93. The van der Waals surface area contributed by atoms with Gasteiger partial charge in [0.25, 0.3) is 5.91 Å². The second-order valence-corrected chi connectivity index (χ2v) is 12.5. The van der Waals surface area contributed by atoms with Gasteiger partial charge in [0.1, 0.15) is 5.75 Å². The quantitative estimate of drug-likeness (QED) is 0.392. The minimum absolute atomic E-state index is 0.0268. The Morgan fingerprint density at radius 3 is 2.12 bits per heavy atom. The Morgan fingerprint density at radius 2 is 1.53 bits per heavy atom. The van der Waals surface area contributed by atoms with Crippen molar-refractivity contribution < 1.29 is 44.3 Å². The third-order valence-electron chi connectivity index (χ3n) is 7.33. The molecule has 1 saturated carbocycles. The molecule has 15 heteroatoms. The molecule has 2 aliphatic heterocycles. The molecule has 1 aliphatic carbocycles. The monoisotopic (exact) mass is 628 g/mol. The number of amides is 1. The van der Waals surface area contributed by atoms with Gasteiger partial charge in [0.05, 0.1) is 45.6 Å². The molecule has 43 heavy (non-hydrogen) atoms. The minimum Gasteiger partial charge on any atom is -0.490 e. The van der Waals surface area contributed by atoms with Gasteiger partial charge in [0.15, 0.2) is 9.84 Å². The number of hydrogen-bond donors (Lipinski definition) is 1. The highest BCUT2D eigenvalue weighted by Gasteiger charge is 2.35. The van der Waals surface area contributed by atoms with Crippen molar-refractivity contribution in [2.45, 2.75) is 68.8 Å². The highest BCUT2D eigenvalue weighted by molar-refractivity contribution is 7.90. The van der Waals surface area contributed by atoms with Gasteiger partial charge in [0.2, 0.25) is 0 Å². The molecule has 0 spiro atoms. The van der Waals surface area contributed by atoms with Crippen molar-refractivity contribution in [3.8, 4) is 5.75 Å². The molecular weight excluding hydrogens is 602 g/mol. The number of hydrogen-bond acceptors (Lipinski definition) is 7. The van der Waals surface area contributed by atoms with Crippen LogP contribution < -0.4 is 10.1 Å². The number of ether oxygens (including phenoxy) is 1. The van der Waals surface area contributed by atoms with E-state index in [9.17, 15) is 39.6 Å². The Hall–Kier alpha value is -3.72. The number of sulfone groups is 1. The van der Waals surface area contributed by atoms with Gasteiger partial charge >= 0.3 is 12.4 Å². The fourth-order valence-electron chi connectivity index (χ4n) is 4.73. The van der Waals surface area contributed by atoms with Crippen molar-refractivity contribution in [1.82, 2.24) is 20.2 Å². The topological polar surface area (TPSA) is 101 Å². The SMILES string of the molecule is CS(=O)(=O)c1ccc(OC2CCC2)c(C(=O)N2Cc3cc(C(F)(F)F)cnc3C2)c1.FC(F)(F)c1cnc2c(c1)CNC2. The van der Waals surface area contributed by atoms with Crippen molar-refractivity contribution in [2.24, 2.45) is 0 Å². The number of carbonyl (C=O) groups excluding carboxylic acids is 1. The van der Waals surface area contributed by atoms with Crippen molar-refractivity contribution in [3.63, 3.8) is 0 Å². The first kappa shape index (κ1) is 30.7. The number of fused-ring (bicyclic) bond motifs is 2.